The van der Waals surface area contributed by atoms with Crippen molar-refractivity contribution < 1.29 is 0 Å². The molecule has 2 aliphatic heterocycles. The topological polar surface area (TPSA) is 15.3 Å². The second-order valence-electron chi connectivity index (χ2n) is 6.57. The molecule has 2 aliphatic rings. The third kappa shape index (κ3) is 3.42. The van der Waals surface area contributed by atoms with Gasteiger partial charge in [-0.15, -0.1) is 0 Å². The number of hydrogen-bond acceptors (Lipinski definition) is 2. The Kier molecular flexibility index (Phi) is 4.74. The molecule has 1 unspecified atom stereocenters. The second kappa shape index (κ2) is 6.73. The van der Waals surface area contributed by atoms with Gasteiger partial charge in [0.25, 0.3) is 0 Å². The van der Waals surface area contributed by atoms with Crippen LogP contribution in [-0.2, 0) is 19.6 Å². The largest absolute Gasteiger partial charge is 0.309 e. The van der Waals surface area contributed by atoms with Crippen molar-refractivity contribution in [3.05, 3.63) is 34.9 Å². The molecule has 0 bridgehead atoms. The van der Waals surface area contributed by atoms with Gasteiger partial charge in [-0.3, -0.25) is 4.90 Å². The van der Waals surface area contributed by atoms with E-state index in [0.29, 0.717) is 0 Å². The van der Waals surface area contributed by atoms with Crippen LogP contribution >= 0.6 is 0 Å². The van der Waals surface area contributed by atoms with Crippen LogP contribution in [0, 0.1) is 5.92 Å². The van der Waals surface area contributed by atoms with Gasteiger partial charge in [0.1, 0.15) is 0 Å². The van der Waals surface area contributed by atoms with Crippen LogP contribution in [0.1, 0.15) is 55.7 Å². The Morgan fingerprint density at radius 1 is 1.15 bits per heavy atom. The highest BCUT2D eigenvalue weighted by Gasteiger charge is 2.17. The molecular weight excluding hydrogens is 244 g/mol. The quantitative estimate of drug-likeness (QED) is 0.899. The van der Waals surface area contributed by atoms with E-state index in [0.717, 1.165) is 25.6 Å². The molecule has 2 heteroatoms. The Hall–Kier alpha value is -0.860. The minimum absolute atomic E-state index is 0.981. The minimum atomic E-state index is 0.981. The highest BCUT2D eigenvalue weighted by Crippen LogP contribution is 2.24. The van der Waals surface area contributed by atoms with Gasteiger partial charge in [-0.05, 0) is 55.0 Å². The van der Waals surface area contributed by atoms with Crippen LogP contribution in [-0.4, -0.2) is 18.0 Å². The maximum atomic E-state index is 3.43. The lowest BCUT2D eigenvalue weighted by Crippen LogP contribution is -2.24. The molecule has 110 valence electrons. The standard InChI is InChI=1S/C18H28N2/c1-2-4-15-5-3-9-20(10-8-15)14-16-6-7-17-12-19-13-18(17)11-16/h6-7,11,15,19H,2-5,8-10,12-14H2,1H3. The van der Waals surface area contributed by atoms with E-state index >= 15 is 0 Å². The molecule has 3 rings (SSSR count). The van der Waals surface area contributed by atoms with Crippen LogP contribution in [0.15, 0.2) is 18.2 Å². The SMILES string of the molecule is CCCC1CCCN(Cc2ccc3c(c2)CNC3)CC1. The number of nitrogens with one attached hydrogen (secondary N) is 1. The van der Waals surface area contributed by atoms with Gasteiger partial charge in [-0.25, -0.2) is 0 Å². The fraction of sp³-hybridized carbons (Fsp3) is 0.667. The molecule has 0 radical (unpaired) electrons. The normalized spacial score (nSPS) is 23.6. The fourth-order valence-corrected chi connectivity index (χ4v) is 3.78. The molecule has 0 saturated carbocycles. The van der Waals surface area contributed by atoms with Gasteiger partial charge in [0, 0.05) is 19.6 Å². The molecule has 1 atom stereocenters. The number of rotatable bonds is 4. The zero-order chi connectivity index (χ0) is 13.8. The van der Waals surface area contributed by atoms with Crippen molar-refractivity contribution in [1.29, 1.82) is 0 Å². The van der Waals surface area contributed by atoms with Crippen molar-refractivity contribution in [2.24, 2.45) is 5.92 Å². The van der Waals surface area contributed by atoms with Gasteiger partial charge >= 0.3 is 0 Å². The summed E-state index contributed by atoms with van der Waals surface area (Å²) in [5, 5.41) is 3.43. The third-order valence-electron chi connectivity index (χ3n) is 4.94. The molecular formula is C18H28N2. The van der Waals surface area contributed by atoms with E-state index < -0.39 is 0 Å². The molecule has 1 aromatic carbocycles. The van der Waals surface area contributed by atoms with E-state index in [9.17, 15) is 0 Å². The smallest absolute Gasteiger partial charge is 0.0233 e. The molecule has 0 amide bonds. The van der Waals surface area contributed by atoms with Gasteiger partial charge in [0.15, 0.2) is 0 Å². The van der Waals surface area contributed by atoms with Crippen LogP contribution in [0.4, 0.5) is 0 Å². The van der Waals surface area contributed by atoms with Crippen molar-refractivity contribution >= 4 is 0 Å². The second-order valence-corrected chi connectivity index (χ2v) is 6.57. The molecule has 20 heavy (non-hydrogen) atoms. The van der Waals surface area contributed by atoms with Crippen LogP contribution in [0.3, 0.4) is 0 Å². The van der Waals surface area contributed by atoms with Gasteiger partial charge < -0.3 is 5.32 Å². The van der Waals surface area contributed by atoms with Crippen LogP contribution in [0.2, 0.25) is 0 Å². The summed E-state index contributed by atoms with van der Waals surface area (Å²) in [6.07, 6.45) is 7.01. The molecule has 1 saturated heterocycles. The van der Waals surface area contributed by atoms with E-state index in [1.54, 1.807) is 0 Å². The predicted molar refractivity (Wildman–Crippen MR) is 84.5 cm³/mol. The molecule has 0 aliphatic carbocycles. The van der Waals surface area contributed by atoms with Crippen LogP contribution in [0.25, 0.3) is 0 Å². The lowest BCUT2D eigenvalue weighted by Gasteiger charge is -2.20. The number of benzene rings is 1. The van der Waals surface area contributed by atoms with E-state index in [-0.39, 0.29) is 0 Å². The van der Waals surface area contributed by atoms with Crippen molar-refractivity contribution in [3.8, 4) is 0 Å². The number of likely N-dealkylation sites (tertiary alicyclic amines) is 1. The zero-order valence-electron chi connectivity index (χ0n) is 12.8. The first-order valence-electron chi connectivity index (χ1n) is 8.39. The van der Waals surface area contributed by atoms with Crippen molar-refractivity contribution in [2.45, 2.75) is 58.7 Å². The maximum Gasteiger partial charge on any atom is 0.0233 e. The lowest BCUT2D eigenvalue weighted by atomic mass is 9.96. The molecule has 2 heterocycles. The Morgan fingerprint density at radius 3 is 2.95 bits per heavy atom. The Bertz CT molecular complexity index is 441. The van der Waals surface area contributed by atoms with Crippen LogP contribution in [0.5, 0.6) is 0 Å². The summed E-state index contributed by atoms with van der Waals surface area (Å²) in [6.45, 7) is 8.16. The first kappa shape index (κ1) is 14.1. The summed E-state index contributed by atoms with van der Waals surface area (Å²) in [6, 6.07) is 7.08. The van der Waals surface area contributed by atoms with Crippen LogP contribution < -0.4 is 5.32 Å². The zero-order valence-corrected chi connectivity index (χ0v) is 12.8. The van der Waals surface area contributed by atoms with Crippen molar-refractivity contribution in [1.82, 2.24) is 10.2 Å². The lowest BCUT2D eigenvalue weighted by molar-refractivity contribution is 0.271. The summed E-state index contributed by atoms with van der Waals surface area (Å²) in [4.78, 5) is 2.67. The first-order chi connectivity index (χ1) is 9.85. The summed E-state index contributed by atoms with van der Waals surface area (Å²) in [7, 11) is 0. The van der Waals surface area contributed by atoms with E-state index in [1.807, 2.05) is 0 Å². The molecule has 0 spiro atoms. The van der Waals surface area contributed by atoms with Gasteiger partial charge in [-0.1, -0.05) is 38.0 Å². The van der Waals surface area contributed by atoms with Crippen molar-refractivity contribution in [2.75, 3.05) is 13.1 Å². The number of fused-ring (bicyclic) bond motifs is 1. The minimum Gasteiger partial charge on any atom is -0.309 e. The first-order valence-corrected chi connectivity index (χ1v) is 8.39. The van der Waals surface area contributed by atoms with E-state index in [2.05, 4.69) is 35.3 Å². The summed E-state index contributed by atoms with van der Waals surface area (Å²) in [5.74, 6) is 0.981. The Labute approximate surface area is 123 Å². The molecule has 0 aromatic heterocycles. The average Bonchev–Trinajstić information content (AvgIpc) is 2.81. The van der Waals surface area contributed by atoms with Gasteiger partial charge in [-0.2, -0.15) is 0 Å². The summed E-state index contributed by atoms with van der Waals surface area (Å²) < 4.78 is 0. The highest BCUT2D eigenvalue weighted by atomic mass is 15.1. The van der Waals surface area contributed by atoms with E-state index in [4.69, 9.17) is 0 Å². The Morgan fingerprint density at radius 2 is 2.05 bits per heavy atom. The molecule has 1 fully saturated rings. The summed E-state index contributed by atoms with van der Waals surface area (Å²) in [5.41, 5.74) is 4.51. The molecule has 1 N–H and O–H groups in total. The molecule has 2 nitrogen and oxygen atoms in total. The number of nitrogens with zero attached hydrogens (tertiary/aromatic N) is 1. The molecule has 1 aromatic rings. The average molecular weight is 272 g/mol. The highest BCUT2D eigenvalue weighted by molar-refractivity contribution is 5.34. The van der Waals surface area contributed by atoms with E-state index in [1.165, 1.54) is 61.9 Å². The number of hydrogen-bond donors (Lipinski definition) is 1. The van der Waals surface area contributed by atoms with Crippen molar-refractivity contribution in [3.63, 3.8) is 0 Å². The monoisotopic (exact) mass is 272 g/mol. The van der Waals surface area contributed by atoms with Gasteiger partial charge in [0.05, 0.1) is 0 Å². The summed E-state index contributed by atoms with van der Waals surface area (Å²) >= 11 is 0. The maximum absolute atomic E-state index is 3.43. The van der Waals surface area contributed by atoms with Gasteiger partial charge in [0.2, 0.25) is 0 Å². The predicted octanol–water partition coefficient (Wildman–Crippen LogP) is 3.69. The third-order valence-corrected chi connectivity index (χ3v) is 4.94. The Balaban J connectivity index is 1.57. The fourth-order valence-electron chi connectivity index (χ4n) is 3.78.